The van der Waals surface area contributed by atoms with Crippen molar-refractivity contribution in [2.45, 2.75) is 25.3 Å². The highest BCUT2D eigenvalue weighted by atomic mass is 16.5. The summed E-state index contributed by atoms with van der Waals surface area (Å²) >= 11 is 0. The van der Waals surface area contributed by atoms with Crippen LogP contribution in [0.15, 0.2) is 30.3 Å². The lowest BCUT2D eigenvalue weighted by Crippen LogP contribution is -2.28. The van der Waals surface area contributed by atoms with Crippen LogP contribution in [0.4, 0.5) is 0 Å². The Balaban J connectivity index is 1.41. The average Bonchev–Trinajstić information content (AvgIpc) is 3.23. The van der Waals surface area contributed by atoms with Crippen molar-refractivity contribution in [3.63, 3.8) is 0 Å². The molecule has 2 fully saturated rings. The molecule has 1 atom stereocenters. The van der Waals surface area contributed by atoms with Crippen LogP contribution in [0.5, 0.6) is 0 Å². The number of benzene rings is 1. The quantitative estimate of drug-likeness (QED) is 0.773. The summed E-state index contributed by atoms with van der Waals surface area (Å²) in [5.41, 5.74) is 1.05. The summed E-state index contributed by atoms with van der Waals surface area (Å²) in [6.45, 7) is 3.08. The highest BCUT2D eigenvalue weighted by Crippen LogP contribution is 2.28. The molecule has 3 rings (SSSR count). The third-order valence-corrected chi connectivity index (χ3v) is 3.94. The van der Waals surface area contributed by atoms with Gasteiger partial charge in [-0.3, -0.25) is 10.1 Å². The fourth-order valence-electron chi connectivity index (χ4n) is 2.54. The van der Waals surface area contributed by atoms with Crippen LogP contribution in [0.3, 0.4) is 0 Å². The van der Waals surface area contributed by atoms with Gasteiger partial charge in [0, 0.05) is 19.8 Å². The van der Waals surface area contributed by atoms with Crippen molar-refractivity contribution >= 4 is 5.91 Å². The Hall–Kier alpha value is -1.39. The molecule has 1 amide bonds. The van der Waals surface area contributed by atoms with E-state index in [0.29, 0.717) is 6.67 Å². The van der Waals surface area contributed by atoms with E-state index >= 15 is 0 Å². The van der Waals surface area contributed by atoms with Gasteiger partial charge in [0.1, 0.15) is 6.04 Å². The van der Waals surface area contributed by atoms with Crippen molar-refractivity contribution in [2.24, 2.45) is 5.92 Å². The summed E-state index contributed by atoms with van der Waals surface area (Å²) in [6, 6.07) is 9.73. The first kappa shape index (κ1) is 13.6. The second-order valence-corrected chi connectivity index (χ2v) is 5.68. The predicted molar refractivity (Wildman–Crippen MR) is 77.1 cm³/mol. The minimum absolute atomic E-state index is 0.177. The van der Waals surface area contributed by atoms with Crippen LogP contribution in [0, 0.1) is 5.92 Å². The Labute approximate surface area is 120 Å². The number of rotatable bonds is 7. The second-order valence-electron chi connectivity index (χ2n) is 5.68. The Bertz CT molecular complexity index is 445. The van der Waals surface area contributed by atoms with Crippen molar-refractivity contribution < 1.29 is 9.53 Å². The first-order chi connectivity index (χ1) is 9.84. The van der Waals surface area contributed by atoms with E-state index in [4.69, 9.17) is 4.74 Å². The maximum absolute atomic E-state index is 12.3. The SMILES string of the molecule is O=C1C(c2ccccc2)NCN1CCCOCC1CC1. The highest BCUT2D eigenvalue weighted by molar-refractivity contribution is 5.85. The molecule has 1 unspecified atom stereocenters. The molecule has 0 bridgehead atoms. The summed E-state index contributed by atoms with van der Waals surface area (Å²) in [7, 11) is 0. The summed E-state index contributed by atoms with van der Waals surface area (Å²) in [5, 5.41) is 3.28. The van der Waals surface area contributed by atoms with Crippen LogP contribution in [-0.4, -0.2) is 37.2 Å². The van der Waals surface area contributed by atoms with Crippen molar-refractivity contribution in [1.82, 2.24) is 10.2 Å². The smallest absolute Gasteiger partial charge is 0.245 e. The minimum Gasteiger partial charge on any atom is -0.381 e. The summed E-state index contributed by atoms with van der Waals surface area (Å²) in [5.74, 6) is 0.992. The molecule has 1 saturated heterocycles. The van der Waals surface area contributed by atoms with Crippen LogP contribution >= 0.6 is 0 Å². The summed E-state index contributed by atoms with van der Waals surface area (Å²) < 4.78 is 5.61. The van der Waals surface area contributed by atoms with Gasteiger partial charge in [0.25, 0.3) is 0 Å². The number of carbonyl (C=O) groups is 1. The molecule has 2 aliphatic rings. The largest absolute Gasteiger partial charge is 0.381 e. The Morgan fingerprint density at radius 1 is 1.25 bits per heavy atom. The minimum atomic E-state index is -0.177. The molecule has 1 aliphatic heterocycles. The maximum atomic E-state index is 12.3. The molecular formula is C16H22N2O2. The van der Waals surface area contributed by atoms with Gasteiger partial charge in [-0.15, -0.1) is 0 Å². The van der Waals surface area contributed by atoms with E-state index in [9.17, 15) is 4.79 Å². The van der Waals surface area contributed by atoms with Crippen molar-refractivity contribution in [2.75, 3.05) is 26.4 Å². The number of ether oxygens (including phenoxy) is 1. The third kappa shape index (κ3) is 3.38. The monoisotopic (exact) mass is 274 g/mol. The molecule has 0 radical (unpaired) electrons. The van der Waals surface area contributed by atoms with Crippen molar-refractivity contribution in [1.29, 1.82) is 0 Å². The lowest BCUT2D eigenvalue weighted by Gasteiger charge is -2.15. The summed E-state index contributed by atoms with van der Waals surface area (Å²) in [4.78, 5) is 14.2. The third-order valence-electron chi connectivity index (χ3n) is 3.94. The van der Waals surface area contributed by atoms with E-state index in [1.165, 1.54) is 12.8 Å². The normalized spacial score (nSPS) is 22.5. The summed E-state index contributed by atoms with van der Waals surface area (Å²) in [6.07, 6.45) is 3.57. The Morgan fingerprint density at radius 3 is 2.80 bits per heavy atom. The molecule has 4 heteroatoms. The average molecular weight is 274 g/mol. The second kappa shape index (κ2) is 6.37. The van der Waals surface area contributed by atoms with Crippen LogP contribution < -0.4 is 5.32 Å². The molecule has 1 aromatic rings. The number of nitrogens with zero attached hydrogens (tertiary/aromatic N) is 1. The van der Waals surface area contributed by atoms with Crippen LogP contribution in [0.25, 0.3) is 0 Å². The fraction of sp³-hybridized carbons (Fsp3) is 0.562. The van der Waals surface area contributed by atoms with Gasteiger partial charge < -0.3 is 9.64 Å². The molecule has 108 valence electrons. The molecule has 1 N–H and O–H groups in total. The molecule has 20 heavy (non-hydrogen) atoms. The molecule has 0 spiro atoms. The van der Waals surface area contributed by atoms with E-state index in [0.717, 1.165) is 37.7 Å². The van der Waals surface area contributed by atoms with Crippen LogP contribution in [0.2, 0.25) is 0 Å². The molecule has 1 aliphatic carbocycles. The fourth-order valence-corrected chi connectivity index (χ4v) is 2.54. The van der Waals surface area contributed by atoms with E-state index in [1.54, 1.807) is 0 Å². The number of amides is 1. The zero-order valence-electron chi connectivity index (χ0n) is 11.8. The number of hydrogen-bond acceptors (Lipinski definition) is 3. The van der Waals surface area contributed by atoms with Crippen molar-refractivity contribution in [3.8, 4) is 0 Å². The Morgan fingerprint density at radius 2 is 2.05 bits per heavy atom. The van der Waals surface area contributed by atoms with Gasteiger partial charge in [-0.2, -0.15) is 0 Å². The highest BCUT2D eigenvalue weighted by Gasteiger charge is 2.31. The lowest BCUT2D eigenvalue weighted by atomic mass is 10.1. The number of carbonyl (C=O) groups excluding carboxylic acids is 1. The molecule has 0 aromatic heterocycles. The van der Waals surface area contributed by atoms with E-state index in [1.807, 2.05) is 35.2 Å². The van der Waals surface area contributed by atoms with Gasteiger partial charge in [-0.05, 0) is 30.7 Å². The topological polar surface area (TPSA) is 41.6 Å². The van der Waals surface area contributed by atoms with Gasteiger partial charge in [0.05, 0.1) is 6.67 Å². The first-order valence-corrected chi connectivity index (χ1v) is 7.49. The van der Waals surface area contributed by atoms with E-state index < -0.39 is 0 Å². The molecule has 1 heterocycles. The molecule has 4 nitrogen and oxygen atoms in total. The van der Waals surface area contributed by atoms with Gasteiger partial charge >= 0.3 is 0 Å². The maximum Gasteiger partial charge on any atom is 0.245 e. The van der Waals surface area contributed by atoms with E-state index in [2.05, 4.69) is 5.32 Å². The predicted octanol–water partition coefficient (Wildman–Crippen LogP) is 1.93. The van der Waals surface area contributed by atoms with Crippen molar-refractivity contribution in [3.05, 3.63) is 35.9 Å². The number of nitrogens with one attached hydrogen (secondary N) is 1. The van der Waals surface area contributed by atoms with Crippen LogP contribution in [-0.2, 0) is 9.53 Å². The molecule has 1 aromatic carbocycles. The Kier molecular flexibility index (Phi) is 4.33. The van der Waals surface area contributed by atoms with Gasteiger partial charge in [0.15, 0.2) is 0 Å². The lowest BCUT2D eigenvalue weighted by molar-refractivity contribution is -0.129. The van der Waals surface area contributed by atoms with Gasteiger partial charge in [0.2, 0.25) is 5.91 Å². The zero-order valence-corrected chi connectivity index (χ0v) is 11.8. The standard InChI is InChI=1S/C16H22N2O2/c19-16-15(14-5-2-1-3-6-14)17-12-18(16)9-4-10-20-11-13-7-8-13/h1-3,5-6,13,15,17H,4,7-12H2. The van der Waals surface area contributed by atoms with Gasteiger partial charge in [-0.1, -0.05) is 30.3 Å². The van der Waals surface area contributed by atoms with E-state index in [-0.39, 0.29) is 11.9 Å². The zero-order chi connectivity index (χ0) is 13.8. The van der Waals surface area contributed by atoms with Crippen LogP contribution in [0.1, 0.15) is 30.9 Å². The molecular weight excluding hydrogens is 252 g/mol. The first-order valence-electron chi connectivity index (χ1n) is 7.49. The number of hydrogen-bond donors (Lipinski definition) is 1. The van der Waals surface area contributed by atoms with Gasteiger partial charge in [-0.25, -0.2) is 0 Å². The molecule has 1 saturated carbocycles.